The van der Waals surface area contributed by atoms with Gasteiger partial charge in [-0.3, -0.25) is 14.8 Å². The third kappa shape index (κ3) is 2.64. The molecule has 0 radical (unpaired) electrons. The molecule has 6 heteroatoms. The molecule has 3 N–H and O–H groups in total. The van der Waals surface area contributed by atoms with Gasteiger partial charge in [-0.1, -0.05) is 17.7 Å². The molecule has 104 valence electrons. The van der Waals surface area contributed by atoms with Crippen molar-refractivity contribution in [2.45, 2.75) is 0 Å². The van der Waals surface area contributed by atoms with E-state index in [0.717, 1.165) is 0 Å². The van der Waals surface area contributed by atoms with E-state index in [-0.39, 0.29) is 5.91 Å². The molecular weight excluding hydrogens is 288 g/mol. The highest BCUT2D eigenvalue weighted by atomic mass is 35.5. The monoisotopic (exact) mass is 298 g/mol. The average Bonchev–Trinajstić information content (AvgIpc) is 2.50. The SMILES string of the molecule is Nc1ccc(Cl)c(NC(=O)c2cccc3nccnc23)c1. The maximum Gasteiger partial charge on any atom is 0.257 e. The first-order valence-electron chi connectivity index (χ1n) is 6.21. The summed E-state index contributed by atoms with van der Waals surface area (Å²) < 4.78 is 0. The van der Waals surface area contributed by atoms with Crippen molar-refractivity contribution in [1.29, 1.82) is 0 Å². The van der Waals surface area contributed by atoms with Crippen molar-refractivity contribution < 1.29 is 4.79 Å². The second-order valence-electron chi connectivity index (χ2n) is 4.42. The van der Waals surface area contributed by atoms with Crippen LogP contribution in [0.15, 0.2) is 48.8 Å². The molecule has 5 nitrogen and oxygen atoms in total. The summed E-state index contributed by atoms with van der Waals surface area (Å²) in [6.45, 7) is 0. The number of nitrogen functional groups attached to an aromatic ring is 1. The largest absolute Gasteiger partial charge is 0.399 e. The molecule has 1 heterocycles. The van der Waals surface area contributed by atoms with Crippen molar-refractivity contribution in [3.63, 3.8) is 0 Å². The molecule has 2 aromatic carbocycles. The fourth-order valence-electron chi connectivity index (χ4n) is 2.00. The molecule has 1 amide bonds. The Kier molecular flexibility index (Phi) is 3.41. The first-order chi connectivity index (χ1) is 10.1. The predicted molar refractivity (Wildman–Crippen MR) is 83.4 cm³/mol. The smallest absolute Gasteiger partial charge is 0.257 e. The topological polar surface area (TPSA) is 80.9 Å². The zero-order chi connectivity index (χ0) is 14.8. The van der Waals surface area contributed by atoms with Gasteiger partial charge in [0.1, 0.15) is 5.52 Å². The van der Waals surface area contributed by atoms with Gasteiger partial charge in [-0.25, -0.2) is 0 Å². The number of hydrogen-bond acceptors (Lipinski definition) is 4. The van der Waals surface area contributed by atoms with E-state index in [9.17, 15) is 4.79 Å². The van der Waals surface area contributed by atoms with Crippen LogP contribution in [0.3, 0.4) is 0 Å². The zero-order valence-electron chi connectivity index (χ0n) is 10.9. The minimum Gasteiger partial charge on any atom is -0.399 e. The quantitative estimate of drug-likeness (QED) is 0.712. The van der Waals surface area contributed by atoms with Gasteiger partial charge in [0.25, 0.3) is 5.91 Å². The summed E-state index contributed by atoms with van der Waals surface area (Å²) in [6, 6.07) is 10.2. The van der Waals surface area contributed by atoms with Crippen LogP contribution in [0.2, 0.25) is 5.02 Å². The van der Waals surface area contributed by atoms with Crippen molar-refractivity contribution in [2.75, 3.05) is 11.1 Å². The molecule has 3 aromatic rings. The number of fused-ring (bicyclic) bond motifs is 1. The molecule has 0 aliphatic heterocycles. The summed E-state index contributed by atoms with van der Waals surface area (Å²) in [5, 5.41) is 3.16. The fourth-order valence-corrected chi connectivity index (χ4v) is 2.17. The Labute approximate surface area is 125 Å². The standard InChI is InChI=1S/C15H11ClN4O/c16-11-5-4-9(17)8-13(11)20-15(21)10-2-1-3-12-14(10)19-7-6-18-12/h1-8H,17H2,(H,20,21). The van der Waals surface area contributed by atoms with Crippen LogP contribution in [0.25, 0.3) is 11.0 Å². The van der Waals surface area contributed by atoms with Crippen molar-refractivity contribution in [2.24, 2.45) is 0 Å². The molecule has 1 aromatic heterocycles. The molecular formula is C15H11ClN4O. The zero-order valence-corrected chi connectivity index (χ0v) is 11.6. The van der Waals surface area contributed by atoms with Crippen LogP contribution in [-0.4, -0.2) is 15.9 Å². The molecule has 0 atom stereocenters. The highest BCUT2D eigenvalue weighted by Gasteiger charge is 2.13. The van der Waals surface area contributed by atoms with Gasteiger partial charge in [0, 0.05) is 18.1 Å². The summed E-state index contributed by atoms with van der Waals surface area (Å²) in [5.74, 6) is -0.311. The molecule has 0 spiro atoms. The number of nitrogens with one attached hydrogen (secondary N) is 1. The van der Waals surface area contributed by atoms with E-state index in [0.29, 0.717) is 33.0 Å². The van der Waals surface area contributed by atoms with E-state index < -0.39 is 0 Å². The minimum atomic E-state index is -0.311. The lowest BCUT2D eigenvalue weighted by molar-refractivity contribution is 0.102. The lowest BCUT2D eigenvalue weighted by atomic mass is 10.1. The minimum absolute atomic E-state index is 0.311. The number of carbonyl (C=O) groups is 1. The lowest BCUT2D eigenvalue weighted by Gasteiger charge is -2.09. The number of benzene rings is 2. The van der Waals surface area contributed by atoms with Gasteiger partial charge in [-0.15, -0.1) is 0 Å². The lowest BCUT2D eigenvalue weighted by Crippen LogP contribution is -2.13. The van der Waals surface area contributed by atoms with Crippen LogP contribution < -0.4 is 11.1 Å². The number of hydrogen-bond donors (Lipinski definition) is 2. The normalized spacial score (nSPS) is 10.5. The highest BCUT2D eigenvalue weighted by molar-refractivity contribution is 6.34. The van der Waals surface area contributed by atoms with Crippen molar-refractivity contribution in [3.05, 3.63) is 59.4 Å². The first kappa shape index (κ1) is 13.3. The van der Waals surface area contributed by atoms with E-state index >= 15 is 0 Å². The maximum atomic E-state index is 12.4. The summed E-state index contributed by atoms with van der Waals surface area (Å²) >= 11 is 6.05. The van der Waals surface area contributed by atoms with Crippen LogP contribution in [-0.2, 0) is 0 Å². The van der Waals surface area contributed by atoms with Gasteiger partial charge in [-0.05, 0) is 30.3 Å². The molecule has 0 aliphatic carbocycles. The van der Waals surface area contributed by atoms with Crippen LogP contribution >= 0.6 is 11.6 Å². The van der Waals surface area contributed by atoms with Crippen LogP contribution in [0.4, 0.5) is 11.4 Å². The molecule has 0 aliphatic rings. The third-order valence-electron chi connectivity index (χ3n) is 2.98. The van der Waals surface area contributed by atoms with Gasteiger partial charge in [-0.2, -0.15) is 0 Å². The van der Waals surface area contributed by atoms with E-state index in [2.05, 4.69) is 15.3 Å². The third-order valence-corrected chi connectivity index (χ3v) is 3.31. The molecule has 3 rings (SSSR count). The summed E-state index contributed by atoms with van der Waals surface area (Å²) in [4.78, 5) is 20.8. The van der Waals surface area contributed by atoms with Crippen LogP contribution in [0.1, 0.15) is 10.4 Å². The number of para-hydroxylation sites is 1. The second-order valence-corrected chi connectivity index (χ2v) is 4.83. The molecule has 0 unspecified atom stereocenters. The van der Waals surface area contributed by atoms with E-state index in [1.54, 1.807) is 48.8 Å². The van der Waals surface area contributed by atoms with E-state index in [1.807, 2.05) is 0 Å². The van der Waals surface area contributed by atoms with Crippen molar-refractivity contribution >= 4 is 39.9 Å². The van der Waals surface area contributed by atoms with Gasteiger partial charge in [0.2, 0.25) is 0 Å². The summed E-state index contributed by atoms with van der Waals surface area (Å²) in [5.41, 5.74) is 8.31. The Bertz CT molecular complexity index is 830. The molecule has 0 saturated carbocycles. The molecule has 21 heavy (non-hydrogen) atoms. The van der Waals surface area contributed by atoms with E-state index in [1.165, 1.54) is 0 Å². The Morgan fingerprint density at radius 1 is 1.14 bits per heavy atom. The van der Waals surface area contributed by atoms with Gasteiger partial charge < -0.3 is 11.1 Å². The van der Waals surface area contributed by atoms with Gasteiger partial charge in [0.05, 0.1) is 21.8 Å². The summed E-state index contributed by atoms with van der Waals surface area (Å²) in [6.07, 6.45) is 3.13. The van der Waals surface area contributed by atoms with Gasteiger partial charge >= 0.3 is 0 Å². The number of anilines is 2. The van der Waals surface area contributed by atoms with Gasteiger partial charge in [0.15, 0.2) is 0 Å². The maximum absolute atomic E-state index is 12.4. The Balaban J connectivity index is 1.99. The van der Waals surface area contributed by atoms with Crippen LogP contribution in [0.5, 0.6) is 0 Å². The number of rotatable bonds is 2. The Hall–Kier alpha value is -2.66. The average molecular weight is 299 g/mol. The first-order valence-corrected chi connectivity index (χ1v) is 6.59. The number of nitrogens with two attached hydrogens (primary N) is 1. The second kappa shape index (κ2) is 5.38. The Morgan fingerprint density at radius 3 is 2.81 bits per heavy atom. The summed E-state index contributed by atoms with van der Waals surface area (Å²) in [7, 11) is 0. The number of amides is 1. The number of carbonyl (C=O) groups excluding carboxylic acids is 1. The van der Waals surface area contributed by atoms with Crippen molar-refractivity contribution in [1.82, 2.24) is 9.97 Å². The molecule has 0 bridgehead atoms. The number of nitrogens with zero attached hydrogens (tertiary/aromatic N) is 2. The van der Waals surface area contributed by atoms with Crippen molar-refractivity contribution in [3.8, 4) is 0 Å². The fraction of sp³-hybridized carbons (Fsp3) is 0. The molecule has 0 fully saturated rings. The van der Waals surface area contributed by atoms with Crippen LogP contribution in [0, 0.1) is 0 Å². The predicted octanol–water partition coefficient (Wildman–Crippen LogP) is 3.12. The van der Waals surface area contributed by atoms with E-state index in [4.69, 9.17) is 17.3 Å². The number of halogens is 1. The Morgan fingerprint density at radius 2 is 1.95 bits per heavy atom. The highest BCUT2D eigenvalue weighted by Crippen LogP contribution is 2.25. The number of aromatic nitrogens is 2. The molecule has 0 saturated heterocycles.